The number of alkyl halides is 1. The van der Waals surface area contributed by atoms with Crippen LogP contribution in [-0.4, -0.2) is 23.4 Å². The minimum atomic E-state index is 0.334. The lowest BCUT2D eigenvalue weighted by molar-refractivity contribution is -0.0326. The Bertz CT molecular complexity index is 89.6. The summed E-state index contributed by atoms with van der Waals surface area (Å²) in [5, 5.41) is 0. The van der Waals surface area contributed by atoms with E-state index in [2.05, 4.69) is 29.5 Å². The van der Waals surface area contributed by atoms with E-state index in [1.807, 2.05) is 0 Å². The van der Waals surface area contributed by atoms with Crippen LogP contribution < -0.4 is 0 Å². The molecule has 2 nitrogen and oxygen atoms in total. The number of hydrogen-bond donors (Lipinski definition) is 0. The van der Waals surface area contributed by atoms with Crippen LogP contribution in [0, 0.1) is 0 Å². The Morgan fingerprint density at radius 3 is 2.60 bits per heavy atom. The smallest absolute Gasteiger partial charge is 0.106 e. The van der Waals surface area contributed by atoms with Crippen molar-refractivity contribution < 1.29 is 9.47 Å². The summed E-state index contributed by atoms with van der Waals surface area (Å²) in [6.07, 6.45) is 2.57. The average molecular weight is 256 g/mol. The summed E-state index contributed by atoms with van der Waals surface area (Å²) in [5.41, 5.74) is 0. The fourth-order valence-electron chi connectivity index (χ4n) is 1.08. The second kappa shape index (κ2) is 4.51. The van der Waals surface area contributed by atoms with Gasteiger partial charge in [-0.05, 0) is 19.8 Å². The number of ether oxygens (including phenoxy) is 2. The maximum atomic E-state index is 5.60. The van der Waals surface area contributed by atoms with E-state index in [4.69, 9.17) is 9.47 Å². The Balaban J connectivity index is 2.13. The van der Waals surface area contributed by atoms with Crippen molar-refractivity contribution in [2.45, 2.75) is 30.0 Å². The van der Waals surface area contributed by atoms with Crippen molar-refractivity contribution in [3.8, 4) is 0 Å². The molecular weight excluding hydrogens is 243 g/mol. The van der Waals surface area contributed by atoms with Gasteiger partial charge in [-0.2, -0.15) is 0 Å². The van der Waals surface area contributed by atoms with Crippen molar-refractivity contribution in [2.24, 2.45) is 0 Å². The third-order valence-corrected chi connectivity index (χ3v) is 1.84. The van der Waals surface area contributed by atoms with Crippen molar-refractivity contribution in [2.75, 3.05) is 13.2 Å². The van der Waals surface area contributed by atoms with Gasteiger partial charge in [-0.3, -0.25) is 0 Å². The van der Waals surface area contributed by atoms with Crippen molar-refractivity contribution in [3.05, 3.63) is 0 Å². The highest BCUT2D eigenvalue weighted by Crippen LogP contribution is 2.14. The number of rotatable bonds is 2. The molecule has 0 bridgehead atoms. The second-order valence-electron chi connectivity index (χ2n) is 2.49. The Labute approximate surface area is 75.4 Å². The van der Waals surface area contributed by atoms with Gasteiger partial charge in [0, 0.05) is 13.2 Å². The molecule has 0 aliphatic carbocycles. The van der Waals surface area contributed by atoms with Crippen LogP contribution >= 0.6 is 22.6 Å². The first kappa shape index (κ1) is 8.74. The molecule has 0 aromatic carbocycles. The van der Waals surface area contributed by atoms with Gasteiger partial charge in [0.1, 0.15) is 4.11 Å². The van der Waals surface area contributed by atoms with E-state index in [1.54, 1.807) is 0 Å². The first-order chi connectivity index (χ1) is 4.79. The summed E-state index contributed by atoms with van der Waals surface area (Å²) in [6, 6.07) is 0. The highest BCUT2D eigenvalue weighted by atomic mass is 127. The molecule has 1 atom stereocenters. The average Bonchev–Trinajstić information content (AvgIpc) is 1.88. The zero-order valence-electron chi connectivity index (χ0n) is 6.18. The van der Waals surface area contributed by atoms with Crippen LogP contribution in [0.3, 0.4) is 0 Å². The van der Waals surface area contributed by atoms with Gasteiger partial charge >= 0.3 is 0 Å². The summed E-state index contributed by atoms with van der Waals surface area (Å²) in [4.78, 5) is 0. The predicted molar refractivity (Wildman–Crippen MR) is 48.4 cm³/mol. The maximum absolute atomic E-state index is 5.60. The van der Waals surface area contributed by atoms with Crippen molar-refractivity contribution in [1.82, 2.24) is 0 Å². The lowest BCUT2D eigenvalue weighted by Gasteiger charge is -2.23. The summed E-state index contributed by atoms with van der Waals surface area (Å²) >= 11 is 2.28. The first-order valence-electron chi connectivity index (χ1n) is 3.66. The molecule has 1 fully saturated rings. The van der Waals surface area contributed by atoms with E-state index >= 15 is 0 Å². The molecule has 1 saturated heterocycles. The molecule has 0 radical (unpaired) electrons. The molecule has 0 spiro atoms. The highest BCUT2D eigenvalue weighted by Gasteiger charge is 2.15. The monoisotopic (exact) mass is 256 g/mol. The van der Waals surface area contributed by atoms with Crippen LogP contribution in [0.2, 0.25) is 0 Å². The second-order valence-corrected chi connectivity index (χ2v) is 4.24. The molecule has 1 aliphatic heterocycles. The van der Waals surface area contributed by atoms with Gasteiger partial charge in [-0.25, -0.2) is 0 Å². The minimum absolute atomic E-state index is 0.334. The zero-order chi connectivity index (χ0) is 7.40. The van der Waals surface area contributed by atoms with E-state index in [9.17, 15) is 0 Å². The number of halogens is 1. The standard InChI is InChI=1S/C7H13IO2/c1-6(8)10-7-2-4-9-5-3-7/h6-7H,2-5H2,1H3/t6-/m1/s1. The normalized spacial score (nSPS) is 24.6. The van der Waals surface area contributed by atoms with Gasteiger partial charge in [0.15, 0.2) is 0 Å². The largest absolute Gasteiger partial charge is 0.381 e. The Morgan fingerprint density at radius 2 is 2.10 bits per heavy atom. The Hall–Kier alpha value is 0.650. The highest BCUT2D eigenvalue weighted by molar-refractivity contribution is 14.1. The lowest BCUT2D eigenvalue weighted by atomic mass is 10.2. The topological polar surface area (TPSA) is 18.5 Å². The molecule has 1 heterocycles. The third kappa shape index (κ3) is 3.16. The third-order valence-electron chi connectivity index (χ3n) is 1.55. The van der Waals surface area contributed by atoms with E-state index < -0.39 is 0 Å². The van der Waals surface area contributed by atoms with Crippen molar-refractivity contribution >= 4 is 22.6 Å². The quantitative estimate of drug-likeness (QED) is 0.555. The van der Waals surface area contributed by atoms with E-state index in [-0.39, 0.29) is 0 Å². The first-order valence-corrected chi connectivity index (χ1v) is 4.91. The van der Waals surface area contributed by atoms with E-state index in [0.717, 1.165) is 26.1 Å². The van der Waals surface area contributed by atoms with Gasteiger partial charge in [-0.15, -0.1) is 0 Å². The zero-order valence-corrected chi connectivity index (χ0v) is 8.34. The fourth-order valence-corrected chi connectivity index (χ4v) is 1.49. The Kier molecular flexibility index (Phi) is 3.95. The van der Waals surface area contributed by atoms with Gasteiger partial charge in [-0.1, -0.05) is 22.6 Å². The van der Waals surface area contributed by atoms with Crippen LogP contribution in [0.25, 0.3) is 0 Å². The van der Waals surface area contributed by atoms with Gasteiger partial charge < -0.3 is 9.47 Å². The molecule has 1 rings (SSSR count). The molecule has 60 valence electrons. The SMILES string of the molecule is C[C@H](I)OC1CCOCC1. The molecule has 0 N–H and O–H groups in total. The maximum Gasteiger partial charge on any atom is 0.106 e. The van der Waals surface area contributed by atoms with Crippen molar-refractivity contribution in [1.29, 1.82) is 0 Å². The molecule has 0 saturated carbocycles. The lowest BCUT2D eigenvalue weighted by Crippen LogP contribution is -2.25. The summed E-state index contributed by atoms with van der Waals surface area (Å²) in [5.74, 6) is 0. The minimum Gasteiger partial charge on any atom is -0.381 e. The molecule has 10 heavy (non-hydrogen) atoms. The predicted octanol–water partition coefficient (Wildman–Crippen LogP) is 1.96. The van der Waals surface area contributed by atoms with E-state index in [1.165, 1.54) is 0 Å². The van der Waals surface area contributed by atoms with Crippen LogP contribution in [0.1, 0.15) is 19.8 Å². The van der Waals surface area contributed by atoms with Gasteiger partial charge in [0.05, 0.1) is 6.10 Å². The molecule has 0 amide bonds. The molecular formula is C7H13IO2. The molecule has 1 aliphatic rings. The van der Waals surface area contributed by atoms with Crippen LogP contribution in [0.4, 0.5) is 0 Å². The van der Waals surface area contributed by atoms with Crippen molar-refractivity contribution in [3.63, 3.8) is 0 Å². The summed E-state index contributed by atoms with van der Waals surface area (Å²) < 4.78 is 11.1. The molecule has 0 aromatic rings. The Morgan fingerprint density at radius 1 is 1.50 bits per heavy atom. The van der Waals surface area contributed by atoms with Gasteiger partial charge in [0.2, 0.25) is 0 Å². The fraction of sp³-hybridized carbons (Fsp3) is 1.00. The van der Waals surface area contributed by atoms with E-state index in [0.29, 0.717) is 10.2 Å². The van der Waals surface area contributed by atoms with Gasteiger partial charge in [0.25, 0.3) is 0 Å². The van der Waals surface area contributed by atoms with Crippen LogP contribution in [-0.2, 0) is 9.47 Å². The molecule has 0 aromatic heterocycles. The molecule has 3 heteroatoms. The van der Waals surface area contributed by atoms with Crippen LogP contribution in [0.15, 0.2) is 0 Å². The molecule has 0 unspecified atom stereocenters. The summed E-state index contributed by atoms with van der Waals surface area (Å²) in [6.45, 7) is 3.80. The summed E-state index contributed by atoms with van der Waals surface area (Å²) in [7, 11) is 0. The van der Waals surface area contributed by atoms with Crippen LogP contribution in [0.5, 0.6) is 0 Å². The number of hydrogen-bond acceptors (Lipinski definition) is 2.